The van der Waals surface area contributed by atoms with Gasteiger partial charge in [0.05, 0.1) is 16.8 Å². The Morgan fingerprint density at radius 1 is 0.886 bits per heavy atom. The van der Waals surface area contributed by atoms with Crippen molar-refractivity contribution in [2.24, 2.45) is 4.99 Å². The molecule has 0 bridgehead atoms. The second-order valence-corrected chi connectivity index (χ2v) is 13.5. The van der Waals surface area contributed by atoms with Gasteiger partial charge in [0, 0.05) is 11.4 Å². The lowest BCUT2D eigenvalue weighted by atomic mass is 10.1. The van der Waals surface area contributed by atoms with Gasteiger partial charge in [0.25, 0.3) is 0 Å². The molecule has 1 aliphatic heterocycles. The number of imidazole rings is 1. The maximum atomic E-state index is 10.7. The topological polar surface area (TPSA) is 53.7 Å². The summed E-state index contributed by atoms with van der Waals surface area (Å²) in [5.41, 5.74) is 6.87. The molecule has 0 saturated heterocycles. The number of rotatable bonds is 4. The number of para-hydroxylation sites is 3. The first kappa shape index (κ1) is 21.4. The second kappa shape index (κ2) is 7.96. The Morgan fingerprint density at radius 3 is 2.43 bits per heavy atom. The fraction of sp³-hybridized carbons (Fsp3) is 0.103. The van der Waals surface area contributed by atoms with Gasteiger partial charge in [-0.3, -0.25) is 0 Å². The van der Waals surface area contributed by atoms with Crippen molar-refractivity contribution in [1.29, 1.82) is 0 Å². The number of hydrogen-bond acceptors (Lipinski definition) is 3. The van der Waals surface area contributed by atoms with Gasteiger partial charge in [0.1, 0.15) is 23.4 Å². The number of aromatic hydroxyl groups is 1. The molecule has 0 spiro atoms. The summed E-state index contributed by atoms with van der Waals surface area (Å²) in [7, 11) is -2.07. The zero-order valence-corrected chi connectivity index (χ0v) is 21.0. The van der Waals surface area contributed by atoms with Crippen LogP contribution in [0.1, 0.15) is 5.56 Å². The third-order valence-corrected chi connectivity index (χ3v) is 10.2. The van der Waals surface area contributed by atoms with E-state index >= 15 is 0 Å². The Morgan fingerprint density at radius 2 is 1.63 bits per heavy atom. The van der Waals surface area contributed by atoms with Gasteiger partial charge in [-0.2, -0.15) is 0 Å². The zero-order valence-electron chi connectivity index (χ0n) is 20.0. The van der Waals surface area contributed by atoms with Crippen molar-refractivity contribution in [2.45, 2.75) is 20.0 Å². The Kier molecular flexibility index (Phi) is 4.86. The zero-order chi connectivity index (χ0) is 24.2. The van der Waals surface area contributed by atoms with Crippen LogP contribution in [0.3, 0.4) is 0 Å². The summed E-state index contributed by atoms with van der Waals surface area (Å²) >= 11 is 0. The highest BCUT2D eigenvalue weighted by Crippen LogP contribution is 2.40. The van der Waals surface area contributed by atoms with Crippen LogP contribution < -0.4 is 10.1 Å². The van der Waals surface area contributed by atoms with E-state index in [1.165, 1.54) is 10.8 Å². The number of fused-ring (bicyclic) bond motifs is 5. The number of aliphatic imine (C=N–C) groups is 1. The molecule has 172 valence electrons. The summed E-state index contributed by atoms with van der Waals surface area (Å²) < 4.78 is 2.35. The van der Waals surface area contributed by atoms with E-state index in [-0.39, 0.29) is 5.75 Å². The van der Waals surface area contributed by atoms with Gasteiger partial charge in [0.15, 0.2) is 8.24 Å². The fourth-order valence-electron chi connectivity index (χ4n) is 5.14. The van der Waals surface area contributed by atoms with Crippen LogP contribution in [0.25, 0.3) is 22.4 Å². The minimum atomic E-state index is -2.07. The quantitative estimate of drug-likeness (QED) is 0.184. The Balaban J connectivity index is 1.51. The highest BCUT2D eigenvalue weighted by Gasteiger charge is 2.41. The van der Waals surface area contributed by atoms with Crippen LogP contribution in [0.2, 0.25) is 13.1 Å². The van der Waals surface area contributed by atoms with Crippen molar-refractivity contribution in [3.05, 3.63) is 96.6 Å². The number of benzene rings is 4. The molecule has 1 aromatic heterocycles. The van der Waals surface area contributed by atoms with Crippen molar-refractivity contribution >= 4 is 47.9 Å². The minimum Gasteiger partial charge on any atom is -0.507 e. The fourth-order valence-corrected chi connectivity index (χ4v) is 8.21. The predicted molar refractivity (Wildman–Crippen MR) is 147 cm³/mol. The van der Waals surface area contributed by atoms with Crippen molar-refractivity contribution in [3.63, 3.8) is 0 Å². The second-order valence-electron chi connectivity index (χ2n) is 9.41. The molecule has 1 N–H and O–H groups in total. The van der Waals surface area contributed by atoms with Crippen LogP contribution in [0.4, 0.5) is 17.1 Å². The lowest BCUT2D eigenvalue weighted by Crippen LogP contribution is -2.45. The van der Waals surface area contributed by atoms with Gasteiger partial charge in [-0.15, -0.1) is 0 Å². The molecule has 5 nitrogen and oxygen atoms in total. The molecule has 0 radical (unpaired) electrons. The molecule has 4 aromatic carbocycles. The van der Waals surface area contributed by atoms with E-state index in [0.717, 1.165) is 39.5 Å². The number of aryl methyl sites for hydroxylation is 1. The van der Waals surface area contributed by atoms with E-state index in [9.17, 15) is 5.11 Å². The molecule has 0 fully saturated rings. The van der Waals surface area contributed by atoms with Gasteiger partial charge in [-0.1, -0.05) is 54.6 Å². The maximum absolute atomic E-state index is 10.7. The maximum Gasteiger partial charge on any atom is 0.190 e. The van der Waals surface area contributed by atoms with E-state index in [4.69, 9.17) is 9.98 Å². The number of aromatic nitrogens is 2. The molecule has 0 atom stereocenters. The molecule has 0 saturated carbocycles. The standard InChI is InChI=1S/C29H26N4OSi/c1-20-11-7-8-15-23(20)32(21-12-5-4-6-13-21)19-30-22-14-9-16-24-28(22)31-29-27-25(34)17-10-18-26(27)35(2,3)33(24)29/h4-19,34H,1-3H3. The average molecular weight is 475 g/mol. The first-order chi connectivity index (χ1) is 17.0. The number of hydrogen-bond donors (Lipinski definition) is 1. The third kappa shape index (κ3) is 3.29. The molecule has 0 unspecified atom stereocenters. The van der Waals surface area contributed by atoms with Gasteiger partial charge < -0.3 is 14.2 Å². The monoisotopic (exact) mass is 474 g/mol. The number of phenolic OH excluding ortho intramolecular Hbond substituents is 1. The highest BCUT2D eigenvalue weighted by atomic mass is 28.3. The third-order valence-electron chi connectivity index (χ3n) is 6.87. The lowest BCUT2D eigenvalue weighted by Gasteiger charge is -2.22. The predicted octanol–water partition coefficient (Wildman–Crippen LogP) is 6.49. The summed E-state index contributed by atoms with van der Waals surface area (Å²) in [6.45, 7) is 6.71. The van der Waals surface area contributed by atoms with Crippen molar-refractivity contribution < 1.29 is 5.11 Å². The van der Waals surface area contributed by atoms with Crippen molar-refractivity contribution in [1.82, 2.24) is 9.22 Å². The first-order valence-corrected chi connectivity index (χ1v) is 14.7. The van der Waals surface area contributed by atoms with Gasteiger partial charge in [-0.05, 0) is 67.2 Å². The lowest BCUT2D eigenvalue weighted by molar-refractivity contribution is 0.477. The number of phenols is 1. The van der Waals surface area contributed by atoms with Crippen LogP contribution in [0.15, 0.2) is 96.0 Å². The van der Waals surface area contributed by atoms with Gasteiger partial charge >= 0.3 is 0 Å². The first-order valence-electron chi connectivity index (χ1n) is 11.8. The smallest absolute Gasteiger partial charge is 0.190 e. The molecule has 5 aromatic rings. The van der Waals surface area contributed by atoms with Crippen LogP contribution >= 0.6 is 0 Å². The summed E-state index contributed by atoms with van der Waals surface area (Å²) in [4.78, 5) is 12.1. The van der Waals surface area contributed by atoms with Gasteiger partial charge in [0.2, 0.25) is 0 Å². The molecular weight excluding hydrogens is 448 g/mol. The summed E-state index contributed by atoms with van der Waals surface area (Å²) in [6, 6.07) is 30.5. The van der Waals surface area contributed by atoms with E-state index in [0.29, 0.717) is 0 Å². The Bertz CT molecular complexity index is 1600. The number of anilines is 2. The molecule has 2 heterocycles. The van der Waals surface area contributed by atoms with E-state index < -0.39 is 8.24 Å². The van der Waals surface area contributed by atoms with Crippen molar-refractivity contribution in [3.8, 4) is 17.1 Å². The summed E-state index contributed by atoms with van der Waals surface area (Å²) in [6.07, 6.45) is 1.88. The van der Waals surface area contributed by atoms with Crippen LogP contribution in [-0.4, -0.2) is 28.9 Å². The largest absolute Gasteiger partial charge is 0.507 e. The van der Waals surface area contributed by atoms with E-state index in [1.54, 1.807) is 6.07 Å². The minimum absolute atomic E-state index is 0.289. The summed E-state index contributed by atoms with van der Waals surface area (Å²) in [5, 5.41) is 11.9. The molecule has 0 amide bonds. The van der Waals surface area contributed by atoms with Crippen molar-refractivity contribution in [2.75, 3.05) is 4.90 Å². The van der Waals surface area contributed by atoms with Gasteiger partial charge in [-0.25, -0.2) is 9.98 Å². The summed E-state index contributed by atoms with van der Waals surface area (Å²) in [5.74, 6) is 1.13. The molecule has 1 aliphatic rings. The molecule has 0 aliphatic carbocycles. The SMILES string of the molecule is Cc1ccccc1N(C=Nc1cccc2c1nc1n2[Si](C)(C)c2cccc(O)c2-1)c1ccccc1. The van der Waals surface area contributed by atoms with E-state index in [2.05, 4.69) is 65.5 Å². The Labute approximate surface area is 205 Å². The Hall–Kier alpha value is -4.16. The average Bonchev–Trinajstić information content (AvgIpc) is 3.36. The highest BCUT2D eigenvalue weighted by molar-refractivity contribution is 6.91. The molecular formula is C29H26N4OSi. The van der Waals surface area contributed by atoms with Crippen LogP contribution in [-0.2, 0) is 0 Å². The van der Waals surface area contributed by atoms with Crippen LogP contribution in [0, 0.1) is 6.92 Å². The molecule has 35 heavy (non-hydrogen) atoms. The normalized spacial score (nSPS) is 13.8. The van der Waals surface area contributed by atoms with E-state index in [1.807, 2.05) is 54.9 Å². The molecule has 6 rings (SSSR count). The molecule has 6 heteroatoms. The number of nitrogens with zero attached hydrogens (tertiary/aromatic N) is 4. The van der Waals surface area contributed by atoms with Crippen LogP contribution in [0.5, 0.6) is 5.75 Å².